The van der Waals surface area contributed by atoms with E-state index in [2.05, 4.69) is 15.2 Å². The second-order valence-corrected chi connectivity index (χ2v) is 7.80. The highest BCUT2D eigenvalue weighted by Crippen LogP contribution is 2.34. The predicted molar refractivity (Wildman–Crippen MR) is 109 cm³/mol. The van der Waals surface area contributed by atoms with E-state index >= 15 is 0 Å². The van der Waals surface area contributed by atoms with Gasteiger partial charge in [0, 0.05) is 25.1 Å². The first kappa shape index (κ1) is 21.4. The molecule has 1 atom stereocenters. The van der Waals surface area contributed by atoms with E-state index in [0.29, 0.717) is 23.8 Å². The molecule has 30 heavy (non-hydrogen) atoms. The van der Waals surface area contributed by atoms with Crippen molar-refractivity contribution in [3.05, 3.63) is 59.6 Å². The van der Waals surface area contributed by atoms with Crippen LogP contribution in [0.2, 0.25) is 0 Å². The van der Waals surface area contributed by atoms with Crippen LogP contribution in [-0.4, -0.2) is 44.1 Å². The van der Waals surface area contributed by atoms with E-state index < -0.39 is 17.5 Å². The van der Waals surface area contributed by atoms with Crippen LogP contribution in [0.25, 0.3) is 11.1 Å². The molecule has 2 aromatic heterocycles. The van der Waals surface area contributed by atoms with Gasteiger partial charge in [-0.3, -0.25) is 9.78 Å². The Kier molecular flexibility index (Phi) is 6.17. The van der Waals surface area contributed by atoms with E-state index in [1.165, 1.54) is 0 Å². The summed E-state index contributed by atoms with van der Waals surface area (Å²) in [6, 6.07) is 9.35. The summed E-state index contributed by atoms with van der Waals surface area (Å²) in [5.41, 5.74) is 2.23. The van der Waals surface area contributed by atoms with Gasteiger partial charge < -0.3 is 19.4 Å². The summed E-state index contributed by atoms with van der Waals surface area (Å²) in [4.78, 5) is 15.8. The van der Waals surface area contributed by atoms with Crippen molar-refractivity contribution in [3.63, 3.8) is 0 Å². The van der Waals surface area contributed by atoms with Crippen LogP contribution in [0.5, 0.6) is 5.75 Å². The van der Waals surface area contributed by atoms with Crippen LogP contribution in [0.15, 0.2) is 40.9 Å². The lowest BCUT2D eigenvalue weighted by atomic mass is 9.93. The number of carboxylic acid groups (broad SMARTS) is 1. The molecule has 2 heterocycles. The predicted octanol–water partition coefficient (Wildman–Crippen LogP) is 3.37. The van der Waals surface area contributed by atoms with Gasteiger partial charge in [-0.05, 0) is 49.2 Å². The van der Waals surface area contributed by atoms with Crippen molar-refractivity contribution in [2.24, 2.45) is 0 Å². The van der Waals surface area contributed by atoms with Crippen molar-refractivity contribution in [2.75, 3.05) is 7.11 Å². The molecule has 8 nitrogen and oxygen atoms in total. The number of aliphatic hydroxyl groups is 1. The second kappa shape index (κ2) is 8.62. The Bertz CT molecular complexity index is 1040. The number of hydrogen-bond acceptors (Lipinski definition) is 7. The smallest absolute Gasteiger partial charge is 0.304 e. The van der Waals surface area contributed by atoms with Gasteiger partial charge in [0.15, 0.2) is 0 Å². The van der Waals surface area contributed by atoms with Crippen molar-refractivity contribution < 1.29 is 24.2 Å². The standard InChI is InChI=1S/C22H25N3O5/c1-13-24-25-21(30-13)17(11-20(26)27)18-10-15(7-8-23-18)16-9-14(12-22(2,3)28)5-6-19(16)29-4/h5-10,17,28H,11-12H2,1-4H3,(H,26,27). The highest BCUT2D eigenvalue weighted by atomic mass is 16.5. The first-order chi connectivity index (χ1) is 14.2. The molecule has 0 spiro atoms. The minimum atomic E-state index is -0.993. The van der Waals surface area contributed by atoms with Crippen molar-refractivity contribution >= 4 is 5.97 Å². The Balaban J connectivity index is 2.05. The summed E-state index contributed by atoms with van der Waals surface area (Å²) in [5.74, 6) is -0.433. The molecule has 0 aliphatic rings. The fourth-order valence-corrected chi connectivity index (χ4v) is 3.34. The molecule has 0 fully saturated rings. The number of ether oxygens (including phenoxy) is 1. The summed E-state index contributed by atoms with van der Waals surface area (Å²) >= 11 is 0. The highest BCUT2D eigenvalue weighted by molar-refractivity contribution is 5.72. The van der Waals surface area contributed by atoms with Crippen LogP contribution in [0.4, 0.5) is 0 Å². The average molecular weight is 411 g/mol. The number of rotatable bonds is 8. The zero-order valence-corrected chi connectivity index (χ0v) is 17.4. The Morgan fingerprint density at radius 1 is 1.23 bits per heavy atom. The van der Waals surface area contributed by atoms with E-state index in [1.54, 1.807) is 40.1 Å². The minimum absolute atomic E-state index is 0.210. The second-order valence-electron chi connectivity index (χ2n) is 7.80. The van der Waals surface area contributed by atoms with Crippen molar-refractivity contribution in [2.45, 2.75) is 45.1 Å². The molecule has 1 unspecified atom stereocenters. The minimum Gasteiger partial charge on any atom is -0.496 e. The van der Waals surface area contributed by atoms with Crippen LogP contribution < -0.4 is 4.74 Å². The molecule has 0 saturated carbocycles. The fraction of sp³-hybridized carbons (Fsp3) is 0.364. The Morgan fingerprint density at radius 2 is 2.00 bits per heavy atom. The maximum Gasteiger partial charge on any atom is 0.304 e. The molecule has 0 bridgehead atoms. The number of nitrogens with zero attached hydrogens (tertiary/aromatic N) is 3. The lowest BCUT2D eigenvalue weighted by molar-refractivity contribution is -0.137. The van der Waals surface area contributed by atoms with E-state index in [0.717, 1.165) is 16.7 Å². The zero-order valence-electron chi connectivity index (χ0n) is 17.4. The number of methoxy groups -OCH3 is 1. The number of aliphatic carboxylic acids is 1. The number of hydrogen-bond donors (Lipinski definition) is 2. The molecule has 0 aliphatic heterocycles. The van der Waals surface area contributed by atoms with Crippen LogP contribution in [0.1, 0.15) is 49.2 Å². The van der Waals surface area contributed by atoms with Gasteiger partial charge in [0.05, 0.1) is 30.7 Å². The molecule has 0 saturated heterocycles. The molecule has 0 amide bonds. The third-order valence-corrected chi connectivity index (χ3v) is 4.57. The van der Waals surface area contributed by atoms with Gasteiger partial charge in [-0.1, -0.05) is 6.07 Å². The van der Waals surface area contributed by atoms with E-state index in [4.69, 9.17) is 9.15 Å². The lowest BCUT2D eigenvalue weighted by Gasteiger charge is -2.19. The number of aromatic nitrogens is 3. The molecular formula is C22H25N3O5. The van der Waals surface area contributed by atoms with Gasteiger partial charge in [0.25, 0.3) is 0 Å². The van der Waals surface area contributed by atoms with Crippen LogP contribution in [-0.2, 0) is 11.2 Å². The Labute approximate surface area is 174 Å². The van der Waals surface area contributed by atoms with Crippen molar-refractivity contribution in [1.82, 2.24) is 15.2 Å². The van der Waals surface area contributed by atoms with E-state index in [-0.39, 0.29) is 12.3 Å². The van der Waals surface area contributed by atoms with Crippen molar-refractivity contribution in [1.29, 1.82) is 0 Å². The van der Waals surface area contributed by atoms with Gasteiger partial charge in [-0.15, -0.1) is 10.2 Å². The average Bonchev–Trinajstić information content (AvgIpc) is 3.11. The van der Waals surface area contributed by atoms with E-state index in [9.17, 15) is 15.0 Å². The molecule has 1 aromatic carbocycles. The normalized spacial score (nSPS) is 12.6. The monoisotopic (exact) mass is 411 g/mol. The summed E-state index contributed by atoms with van der Waals surface area (Å²) in [5, 5.41) is 27.3. The van der Waals surface area contributed by atoms with E-state index in [1.807, 2.05) is 24.3 Å². The molecule has 158 valence electrons. The topological polar surface area (TPSA) is 119 Å². The molecular weight excluding hydrogens is 386 g/mol. The molecule has 3 aromatic rings. The number of pyridine rings is 1. The third kappa shape index (κ3) is 5.21. The molecule has 3 rings (SSSR count). The van der Waals surface area contributed by atoms with Gasteiger partial charge in [0.2, 0.25) is 11.8 Å². The Morgan fingerprint density at radius 3 is 2.60 bits per heavy atom. The summed E-state index contributed by atoms with van der Waals surface area (Å²) in [6.45, 7) is 5.16. The summed E-state index contributed by atoms with van der Waals surface area (Å²) in [7, 11) is 1.59. The maximum atomic E-state index is 11.4. The summed E-state index contributed by atoms with van der Waals surface area (Å²) < 4.78 is 11.0. The lowest BCUT2D eigenvalue weighted by Crippen LogP contribution is -2.21. The molecule has 0 radical (unpaired) electrons. The van der Waals surface area contributed by atoms with Gasteiger partial charge in [-0.25, -0.2) is 0 Å². The Hall–Kier alpha value is -3.26. The highest BCUT2D eigenvalue weighted by Gasteiger charge is 2.25. The molecule has 2 N–H and O–H groups in total. The number of carbonyl (C=O) groups is 1. The van der Waals surface area contributed by atoms with Gasteiger partial charge in [-0.2, -0.15) is 0 Å². The first-order valence-electron chi connectivity index (χ1n) is 9.53. The van der Waals surface area contributed by atoms with Gasteiger partial charge >= 0.3 is 5.97 Å². The first-order valence-corrected chi connectivity index (χ1v) is 9.53. The largest absolute Gasteiger partial charge is 0.496 e. The maximum absolute atomic E-state index is 11.4. The number of benzene rings is 1. The zero-order chi connectivity index (χ0) is 21.9. The number of carboxylic acids is 1. The summed E-state index contributed by atoms with van der Waals surface area (Å²) in [6.07, 6.45) is 1.86. The van der Waals surface area contributed by atoms with Crippen LogP contribution in [0.3, 0.4) is 0 Å². The van der Waals surface area contributed by atoms with Crippen molar-refractivity contribution in [3.8, 4) is 16.9 Å². The van der Waals surface area contributed by atoms with Crippen LogP contribution >= 0.6 is 0 Å². The van der Waals surface area contributed by atoms with Gasteiger partial charge in [0.1, 0.15) is 5.75 Å². The quantitative estimate of drug-likeness (QED) is 0.579. The number of aryl methyl sites for hydroxylation is 1. The van der Waals surface area contributed by atoms with Crippen LogP contribution in [0, 0.1) is 6.92 Å². The third-order valence-electron chi connectivity index (χ3n) is 4.57. The SMILES string of the molecule is COc1ccc(CC(C)(C)O)cc1-c1ccnc(C(CC(=O)O)c2nnc(C)o2)c1. The molecule has 0 aliphatic carbocycles. The fourth-order valence-electron chi connectivity index (χ4n) is 3.34. The molecule has 8 heteroatoms.